The van der Waals surface area contributed by atoms with Crippen LogP contribution in [0.2, 0.25) is 0 Å². The maximum atomic E-state index is 4.04. The van der Waals surface area contributed by atoms with Crippen molar-refractivity contribution in [2.24, 2.45) is 0 Å². The van der Waals surface area contributed by atoms with E-state index in [1.807, 2.05) is 6.20 Å². The maximum Gasteiger partial charge on any atom is 0.122 e. The van der Waals surface area contributed by atoms with Crippen molar-refractivity contribution in [1.82, 2.24) is 15.1 Å². The molecule has 56 valence electrons. The predicted molar refractivity (Wildman–Crippen MR) is 49.3 cm³/mol. The summed E-state index contributed by atoms with van der Waals surface area (Å²) in [5.74, 6) is 0. The van der Waals surface area contributed by atoms with Crippen LogP contribution < -0.4 is 10.7 Å². The van der Waals surface area contributed by atoms with Gasteiger partial charge in [0.25, 0.3) is 0 Å². The van der Waals surface area contributed by atoms with Crippen LogP contribution in [0, 0.1) is 0 Å². The SMILES string of the molecule is PNCCc1cnc(P)[nH]1. The van der Waals surface area contributed by atoms with Gasteiger partial charge in [-0.25, -0.2) is 4.98 Å². The summed E-state index contributed by atoms with van der Waals surface area (Å²) >= 11 is 0. The Bertz CT molecular complexity index is 199. The van der Waals surface area contributed by atoms with Crippen LogP contribution in [-0.4, -0.2) is 16.5 Å². The third kappa shape index (κ3) is 2.34. The van der Waals surface area contributed by atoms with Crippen LogP contribution in [0.15, 0.2) is 6.20 Å². The first-order chi connectivity index (χ1) is 4.83. The molecule has 0 aliphatic heterocycles. The molecular weight excluding hydrogens is 164 g/mol. The van der Waals surface area contributed by atoms with Gasteiger partial charge in [-0.15, -0.1) is 0 Å². The Kier molecular flexibility index (Phi) is 3.27. The Morgan fingerprint density at radius 1 is 1.70 bits per heavy atom. The van der Waals surface area contributed by atoms with Crippen molar-refractivity contribution in [3.63, 3.8) is 0 Å². The molecule has 0 bridgehead atoms. The highest BCUT2D eigenvalue weighted by Crippen LogP contribution is 1.92. The second-order valence-electron chi connectivity index (χ2n) is 2.00. The average molecular weight is 175 g/mol. The quantitative estimate of drug-likeness (QED) is 0.626. The molecule has 1 heterocycles. The number of hydrogen-bond donors (Lipinski definition) is 2. The molecule has 5 heteroatoms. The first-order valence-corrected chi connectivity index (χ1v) is 4.21. The van der Waals surface area contributed by atoms with Gasteiger partial charge in [-0.05, 0) is 0 Å². The summed E-state index contributed by atoms with van der Waals surface area (Å²) in [5, 5.41) is 2.99. The molecule has 2 unspecified atom stereocenters. The molecule has 0 amide bonds. The molecule has 1 aromatic rings. The monoisotopic (exact) mass is 175 g/mol. The number of nitrogens with one attached hydrogen (secondary N) is 2. The van der Waals surface area contributed by atoms with Gasteiger partial charge in [0.15, 0.2) is 0 Å². The van der Waals surface area contributed by atoms with Crippen LogP contribution in [0.1, 0.15) is 5.69 Å². The molecule has 2 atom stereocenters. The van der Waals surface area contributed by atoms with E-state index in [1.54, 1.807) is 0 Å². The fourth-order valence-electron chi connectivity index (χ4n) is 0.710. The molecule has 0 aliphatic carbocycles. The van der Waals surface area contributed by atoms with Crippen LogP contribution in [-0.2, 0) is 6.42 Å². The zero-order chi connectivity index (χ0) is 7.40. The van der Waals surface area contributed by atoms with Gasteiger partial charge in [-0.2, -0.15) is 0 Å². The number of rotatable bonds is 3. The van der Waals surface area contributed by atoms with E-state index in [0.717, 1.165) is 18.5 Å². The first kappa shape index (κ1) is 8.13. The molecule has 3 nitrogen and oxygen atoms in total. The highest BCUT2D eigenvalue weighted by atomic mass is 31.0. The van der Waals surface area contributed by atoms with Crippen LogP contribution >= 0.6 is 18.6 Å². The van der Waals surface area contributed by atoms with Crippen LogP contribution in [0.4, 0.5) is 0 Å². The van der Waals surface area contributed by atoms with E-state index in [9.17, 15) is 0 Å². The van der Waals surface area contributed by atoms with E-state index >= 15 is 0 Å². The van der Waals surface area contributed by atoms with Gasteiger partial charge < -0.3 is 10.1 Å². The van der Waals surface area contributed by atoms with E-state index in [1.165, 1.54) is 5.69 Å². The van der Waals surface area contributed by atoms with Gasteiger partial charge in [-0.1, -0.05) is 18.6 Å². The Balaban J connectivity index is 2.42. The molecule has 0 saturated heterocycles. The average Bonchev–Trinajstić information content (AvgIpc) is 2.31. The second-order valence-corrected chi connectivity index (χ2v) is 2.95. The highest BCUT2D eigenvalue weighted by molar-refractivity contribution is 7.26. The third-order valence-corrected chi connectivity index (χ3v) is 1.77. The van der Waals surface area contributed by atoms with E-state index in [2.05, 4.69) is 33.7 Å². The lowest BCUT2D eigenvalue weighted by molar-refractivity contribution is 0.886. The van der Waals surface area contributed by atoms with E-state index in [4.69, 9.17) is 0 Å². The van der Waals surface area contributed by atoms with Crippen molar-refractivity contribution < 1.29 is 0 Å². The minimum absolute atomic E-state index is 0.902. The van der Waals surface area contributed by atoms with E-state index in [-0.39, 0.29) is 0 Å². The molecule has 0 fully saturated rings. The van der Waals surface area contributed by atoms with Gasteiger partial charge in [-0.3, -0.25) is 0 Å². The number of hydrogen-bond acceptors (Lipinski definition) is 2. The fraction of sp³-hybridized carbons (Fsp3) is 0.400. The molecule has 0 aromatic carbocycles. The zero-order valence-corrected chi connectivity index (χ0v) is 7.90. The summed E-state index contributed by atoms with van der Waals surface area (Å²) in [5.41, 5.74) is 2.07. The summed E-state index contributed by atoms with van der Waals surface area (Å²) in [6, 6.07) is 0. The van der Waals surface area contributed by atoms with Gasteiger partial charge in [0, 0.05) is 24.9 Å². The van der Waals surface area contributed by atoms with Gasteiger partial charge >= 0.3 is 0 Å². The van der Waals surface area contributed by atoms with E-state index in [0.29, 0.717) is 0 Å². The normalized spacial score (nSPS) is 10.2. The number of aromatic nitrogens is 2. The molecule has 0 aliphatic rings. The first-order valence-electron chi connectivity index (χ1n) is 3.05. The third-order valence-electron chi connectivity index (χ3n) is 1.19. The number of nitrogens with zero attached hydrogens (tertiary/aromatic N) is 1. The summed E-state index contributed by atoms with van der Waals surface area (Å²) < 4.78 is 0. The lowest BCUT2D eigenvalue weighted by atomic mass is 10.3. The van der Waals surface area contributed by atoms with Crippen molar-refractivity contribution in [1.29, 1.82) is 0 Å². The number of aromatic amines is 1. The summed E-state index contributed by atoms with van der Waals surface area (Å²) in [6.45, 7) is 0.955. The maximum absolute atomic E-state index is 4.04. The molecule has 0 saturated carbocycles. The Morgan fingerprint density at radius 2 is 2.50 bits per heavy atom. The molecule has 1 aromatic heterocycles. The van der Waals surface area contributed by atoms with Crippen molar-refractivity contribution >= 4 is 24.2 Å². The Morgan fingerprint density at radius 3 is 3.00 bits per heavy atom. The minimum Gasteiger partial charge on any atom is -0.343 e. The molecule has 0 radical (unpaired) electrons. The van der Waals surface area contributed by atoms with Crippen LogP contribution in [0.3, 0.4) is 0 Å². The smallest absolute Gasteiger partial charge is 0.122 e. The van der Waals surface area contributed by atoms with Crippen molar-refractivity contribution in [3.05, 3.63) is 11.9 Å². The van der Waals surface area contributed by atoms with Crippen molar-refractivity contribution in [2.75, 3.05) is 6.54 Å². The van der Waals surface area contributed by atoms with Crippen molar-refractivity contribution in [2.45, 2.75) is 6.42 Å². The van der Waals surface area contributed by atoms with E-state index < -0.39 is 0 Å². The van der Waals surface area contributed by atoms with Gasteiger partial charge in [0.05, 0.1) is 0 Å². The number of imidazole rings is 1. The Labute approximate surface area is 64.9 Å². The topological polar surface area (TPSA) is 40.7 Å². The summed E-state index contributed by atoms with van der Waals surface area (Å²) in [4.78, 5) is 7.16. The molecule has 10 heavy (non-hydrogen) atoms. The van der Waals surface area contributed by atoms with Crippen LogP contribution in [0.25, 0.3) is 0 Å². The van der Waals surface area contributed by atoms with Crippen molar-refractivity contribution in [3.8, 4) is 0 Å². The molecule has 1 rings (SSSR count). The largest absolute Gasteiger partial charge is 0.343 e. The second kappa shape index (κ2) is 4.02. The fourth-order valence-corrected chi connectivity index (χ4v) is 1.11. The lowest BCUT2D eigenvalue weighted by Crippen LogP contribution is -2.04. The molecule has 0 spiro atoms. The summed E-state index contributed by atoms with van der Waals surface area (Å²) in [7, 11) is 4.99. The molecule has 2 N–H and O–H groups in total. The van der Waals surface area contributed by atoms with Crippen LogP contribution in [0.5, 0.6) is 0 Å². The van der Waals surface area contributed by atoms with Gasteiger partial charge in [0.1, 0.15) is 5.57 Å². The standard InChI is InChI=1S/C5H11N3P2/c9-5-6-3-4(8-5)1-2-7-10/h3,7H,1-2,9-10H2,(H,6,8). The zero-order valence-electron chi connectivity index (χ0n) is 5.59. The minimum atomic E-state index is 0.902. The lowest BCUT2D eigenvalue weighted by Gasteiger charge is -1.93. The number of H-pyrrole nitrogens is 1. The Hall–Kier alpha value is 0.0300. The predicted octanol–water partition coefficient (Wildman–Crippen LogP) is -0.168. The van der Waals surface area contributed by atoms with Gasteiger partial charge in [0.2, 0.25) is 0 Å². The molecular formula is C5H11N3P2. The highest BCUT2D eigenvalue weighted by Gasteiger charge is 1.93. The summed E-state index contributed by atoms with van der Waals surface area (Å²) in [6.07, 6.45) is 2.84.